The highest BCUT2D eigenvalue weighted by Gasteiger charge is 2.37. The Balaban J connectivity index is 1.84. The van der Waals surface area contributed by atoms with Gasteiger partial charge in [0.15, 0.2) is 0 Å². The van der Waals surface area contributed by atoms with E-state index in [2.05, 4.69) is 10.6 Å². The highest BCUT2D eigenvalue weighted by molar-refractivity contribution is 5.93. The van der Waals surface area contributed by atoms with E-state index >= 15 is 0 Å². The quantitative estimate of drug-likeness (QED) is 0.546. The predicted octanol–water partition coefficient (Wildman–Crippen LogP) is -0.218. The first-order valence-corrected chi connectivity index (χ1v) is 10.4. The van der Waals surface area contributed by atoms with Gasteiger partial charge in [-0.05, 0) is 46.5 Å². The molecule has 2 rings (SSSR count). The molecule has 4 amide bonds. The Morgan fingerprint density at radius 3 is 1.94 bits per heavy atom. The van der Waals surface area contributed by atoms with Gasteiger partial charge < -0.3 is 29.9 Å². The van der Waals surface area contributed by atoms with Crippen molar-refractivity contribution in [3.05, 3.63) is 0 Å². The molecule has 0 bridgehead atoms. The molecule has 2 aliphatic rings. The van der Waals surface area contributed by atoms with Crippen LogP contribution in [-0.2, 0) is 28.7 Å². The van der Waals surface area contributed by atoms with Crippen LogP contribution in [0.5, 0.6) is 0 Å². The van der Waals surface area contributed by atoms with Crippen LogP contribution >= 0.6 is 0 Å². The molecule has 2 atom stereocenters. The number of nitrogens with one attached hydrogen (secondary N) is 2. The fourth-order valence-corrected chi connectivity index (χ4v) is 3.73. The summed E-state index contributed by atoms with van der Waals surface area (Å²) >= 11 is 0. The number of carbonyl (C=O) groups is 5. The average Bonchev–Trinajstić information content (AvgIpc) is 3.37. The number of hydrogen-bond acceptors (Lipinski definition) is 7. The Morgan fingerprint density at radius 2 is 1.39 bits per heavy atom. The Morgan fingerprint density at radius 1 is 0.871 bits per heavy atom. The first-order valence-electron chi connectivity index (χ1n) is 10.4. The third-order valence-corrected chi connectivity index (χ3v) is 5.12. The molecule has 2 saturated heterocycles. The number of methoxy groups -OCH3 is 1. The van der Waals surface area contributed by atoms with E-state index in [1.807, 2.05) is 0 Å². The summed E-state index contributed by atoms with van der Waals surface area (Å²) < 4.78 is 9.82. The molecule has 174 valence electrons. The van der Waals surface area contributed by atoms with Crippen LogP contribution in [0.4, 0.5) is 4.79 Å². The van der Waals surface area contributed by atoms with Crippen LogP contribution < -0.4 is 10.6 Å². The van der Waals surface area contributed by atoms with Crippen LogP contribution in [0.25, 0.3) is 0 Å². The van der Waals surface area contributed by atoms with Crippen molar-refractivity contribution in [1.29, 1.82) is 0 Å². The molecule has 2 N–H and O–H groups in total. The van der Waals surface area contributed by atoms with E-state index in [4.69, 9.17) is 9.47 Å². The van der Waals surface area contributed by atoms with E-state index in [0.717, 1.165) is 0 Å². The second-order valence-corrected chi connectivity index (χ2v) is 8.59. The molecule has 0 aliphatic carbocycles. The van der Waals surface area contributed by atoms with Gasteiger partial charge in [-0.15, -0.1) is 0 Å². The number of likely N-dealkylation sites (tertiary alicyclic amines) is 2. The summed E-state index contributed by atoms with van der Waals surface area (Å²) in [6, 6.07) is -1.34. The minimum absolute atomic E-state index is 0.263. The van der Waals surface area contributed by atoms with Crippen LogP contribution in [0.1, 0.15) is 46.5 Å². The number of esters is 1. The lowest BCUT2D eigenvalue weighted by molar-refractivity contribution is -0.150. The van der Waals surface area contributed by atoms with Gasteiger partial charge in [-0.3, -0.25) is 14.4 Å². The molecule has 31 heavy (non-hydrogen) atoms. The third-order valence-electron chi connectivity index (χ3n) is 5.12. The van der Waals surface area contributed by atoms with E-state index < -0.39 is 41.6 Å². The van der Waals surface area contributed by atoms with E-state index in [1.54, 1.807) is 20.8 Å². The van der Waals surface area contributed by atoms with E-state index in [0.29, 0.717) is 38.8 Å². The largest absolute Gasteiger partial charge is 0.467 e. The zero-order valence-corrected chi connectivity index (χ0v) is 18.6. The Labute approximate surface area is 181 Å². The Hall–Kier alpha value is -2.85. The summed E-state index contributed by atoms with van der Waals surface area (Å²) in [5.41, 5.74) is -0.683. The molecule has 2 fully saturated rings. The van der Waals surface area contributed by atoms with Crippen LogP contribution in [0.15, 0.2) is 0 Å². The van der Waals surface area contributed by atoms with Crippen molar-refractivity contribution >= 4 is 29.8 Å². The van der Waals surface area contributed by atoms with Gasteiger partial charge in [0.05, 0.1) is 13.7 Å². The van der Waals surface area contributed by atoms with E-state index in [-0.39, 0.29) is 19.0 Å². The van der Waals surface area contributed by atoms with Crippen LogP contribution in [-0.4, -0.2) is 90.6 Å². The van der Waals surface area contributed by atoms with Crippen molar-refractivity contribution in [2.75, 3.05) is 33.3 Å². The van der Waals surface area contributed by atoms with Gasteiger partial charge in [-0.25, -0.2) is 9.59 Å². The van der Waals surface area contributed by atoms with Crippen LogP contribution in [0.3, 0.4) is 0 Å². The minimum Gasteiger partial charge on any atom is -0.467 e. The summed E-state index contributed by atoms with van der Waals surface area (Å²) in [6.07, 6.45) is 1.61. The molecule has 0 radical (unpaired) electrons. The van der Waals surface area contributed by atoms with E-state index in [1.165, 1.54) is 16.9 Å². The van der Waals surface area contributed by atoms with Gasteiger partial charge in [0, 0.05) is 13.1 Å². The normalized spacial score (nSPS) is 20.9. The first kappa shape index (κ1) is 24.4. The summed E-state index contributed by atoms with van der Waals surface area (Å²) in [6.45, 7) is 5.41. The minimum atomic E-state index is -0.712. The summed E-state index contributed by atoms with van der Waals surface area (Å²) in [5.74, 6) is -1.68. The van der Waals surface area contributed by atoms with Gasteiger partial charge in [-0.2, -0.15) is 0 Å². The molecule has 0 aromatic carbocycles. The van der Waals surface area contributed by atoms with Gasteiger partial charge in [-0.1, -0.05) is 0 Å². The maximum absolute atomic E-state index is 12.6. The summed E-state index contributed by atoms with van der Waals surface area (Å²) in [5, 5.41) is 4.97. The molecule has 2 aliphatic heterocycles. The fourth-order valence-electron chi connectivity index (χ4n) is 3.73. The van der Waals surface area contributed by atoms with Crippen molar-refractivity contribution in [3.8, 4) is 0 Å². The van der Waals surface area contributed by atoms with E-state index in [9.17, 15) is 24.0 Å². The van der Waals surface area contributed by atoms with Gasteiger partial charge in [0.2, 0.25) is 17.7 Å². The second kappa shape index (κ2) is 10.5. The molecule has 0 spiro atoms. The molecule has 0 aromatic rings. The zero-order valence-electron chi connectivity index (χ0n) is 18.6. The SMILES string of the molecule is COC(=O)[C@@H]1CCCN1C(=O)CNC(=O)[C@@H]1CCCN1C(=O)CNC(=O)OC(C)(C)C. The number of carbonyl (C=O) groups excluding carboxylic acids is 5. The lowest BCUT2D eigenvalue weighted by Gasteiger charge is -2.26. The van der Waals surface area contributed by atoms with Crippen molar-refractivity contribution in [2.45, 2.75) is 64.1 Å². The standard InChI is InChI=1S/C20H32N4O7/c1-20(2,3)31-19(29)22-12-16(26)23-9-5-7-13(23)17(27)21-11-15(25)24-10-6-8-14(24)18(28)30-4/h13-14H,5-12H2,1-4H3,(H,21,27)(H,22,29)/t13-,14-/m0/s1. The van der Waals surface area contributed by atoms with Crippen molar-refractivity contribution in [3.63, 3.8) is 0 Å². The maximum Gasteiger partial charge on any atom is 0.408 e. The van der Waals surface area contributed by atoms with Crippen molar-refractivity contribution < 1.29 is 33.4 Å². The summed E-state index contributed by atoms with van der Waals surface area (Å²) in [4.78, 5) is 63.9. The lowest BCUT2D eigenvalue weighted by Crippen LogP contribution is -2.51. The number of rotatable bonds is 6. The number of ether oxygens (including phenoxy) is 2. The molecule has 11 nitrogen and oxygen atoms in total. The second-order valence-electron chi connectivity index (χ2n) is 8.59. The molecule has 11 heteroatoms. The topological polar surface area (TPSA) is 134 Å². The molecular weight excluding hydrogens is 408 g/mol. The monoisotopic (exact) mass is 440 g/mol. The lowest BCUT2D eigenvalue weighted by atomic mass is 10.2. The number of hydrogen-bond donors (Lipinski definition) is 2. The zero-order chi connectivity index (χ0) is 23.2. The van der Waals surface area contributed by atoms with Crippen LogP contribution in [0, 0.1) is 0 Å². The van der Waals surface area contributed by atoms with Gasteiger partial charge in [0.25, 0.3) is 0 Å². The summed E-state index contributed by atoms with van der Waals surface area (Å²) in [7, 11) is 1.27. The highest BCUT2D eigenvalue weighted by atomic mass is 16.6. The van der Waals surface area contributed by atoms with Crippen molar-refractivity contribution in [2.24, 2.45) is 0 Å². The molecule has 0 unspecified atom stereocenters. The Bertz CT molecular complexity index is 719. The molecular formula is C20H32N4O7. The van der Waals surface area contributed by atoms with Crippen LogP contribution in [0.2, 0.25) is 0 Å². The highest BCUT2D eigenvalue weighted by Crippen LogP contribution is 2.19. The fraction of sp³-hybridized carbons (Fsp3) is 0.750. The number of nitrogens with zero attached hydrogens (tertiary/aromatic N) is 2. The van der Waals surface area contributed by atoms with Crippen molar-refractivity contribution in [1.82, 2.24) is 20.4 Å². The Kier molecular flexibility index (Phi) is 8.23. The molecule has 0 saturated carbocycles. The smallest absolute Gasteiger partial charge is 0.408 e. The third kappa shape index (κ3) is 6.83. The predicted molar refractivity (Wildman–Crippen MR) is 109 cm³/mol. The molecule has 0 aromatic heterocycles. The molecule has 2 heterocycles. The number of amides is 4. The maximum atomic E-state index is 12.6. The average molecular weight is 440 g/mol. The van der Waals surface area contributed by atoms with Gasteiger partial charge in [0.1, 0.15) is 24.2 Å². The number of alkyl carbamates (subject to hydrolysis) is 1. The van der Waals surface area contributed by atoms with Gasteiger partial charge >= 0.3 is 12.1 Å². The first-order chi connectivity index (χ1) is 14.5.